The van der Waals surface area contributed by atoms with Crippen LogP contribution in [-0.4, -0.2) is 57.2 Å². The first kappa shape index (κ1) is 31.2. The quantitative estimate of drug-likeness (QED) is 0.205. The molecule has 0 radical (unpaired) electrons. The predicted octanol–water partition coefficient (Wildman–Crippen LogP) is 6.55. The maximum absolute atomic E-state index is 13.8. The number of fused-ring (bicyclic) bond motifs is 5. The first-order chi connectivity index (χ1) is 18.1. The number of Topliss-reactive ketones (excluding diaryl/α,β-unsaturated/α-hetero) is 1. The number of rotatable bonds is 8. The van der Waals surface area contributed by atoms with Gasteiger partial charge in [-0.1, -0.05) is 27.7 Å². The Labute approximate surface area is 238 Å². The third kappa shape index (κ3) is 5.55. The van der Waals surface area contributed by atoms with E-state index in [2.05, 4.69) is 40.8 Å². The van der Waals surface area contributed by atoms with Crippen LogP contribution in [0.1, 0.15) is 99.3 Å². The van der Waals surface area contributed by atoms with Gasteiger partial charge in [-0.3, -0.25) is 9.59 Å². The van der Waals surface area contributed by atoms with Gasteiger partial charge in [0.1, 0.15) is 5.92 Å². The van der Waals surface area contributed by atoms with Gasteiger partial charge in [0.15, 0.2) is 14.1 Å². The molecule has 0 aromatic carbocycles. The fourth-order valence-corrected chi connectivity index (χ4v) is 9.92. The van der Waals surface area contributed by atoms with Crippen molar-refractivity contribution in [1.82, 2.24) is 0 Å². The largest absolute Gasteiger partial charge is 0.465 e. The predicted molar refractivity (Wildman–Crippen MR) is 156 cm³/mol. The smallest absolute Gasteiger partial charge is 0.316 e. The molecule has 224 valence electrons. The fourth-order valence-electron chi connectivity index (χ4n) is 8.86. The van der Waals surface area contributed by atoms with Gasteiger partial charge in [-0.25, -0.2) is 0 Å². The van der Waals surface area contributed by atoms with E-state index in [1.54, 1.807) is 0 Å². The Hall–Kier alpha value is -0.763. The van der Waals surface area contributed by atoms with E-state index in [4.69, 9.17) is 13.9 Å². The third-order valence-corrected chi connectivity index (χ3v) is 16.7. The van der Waals surface area contributed by atoms with Gasteiger partial charge < -0.3 is 19.0 Å². The highest BCUT2D eigenvalue weighted by Crippen LogP contribution is 2.66. The van der Waals surface area contributed by atoms with Crippen LogP contribution >= 0.6 is 0 Å². The normalized spacial score (nSPS) is 40.8. The van der Waals surface area contributed by atoms with Crippen molar-refractivity contribution in [3.05, 3.63) is 0 Å². The average Bonchev–Trinajstić information content (AvgIpc) is 2.86. The molecular formula is C32H56O6Si. The Morgan fingerprint density at radius 2 is 1.69 bits per heavy atom. The lowest BCUT2D eigenvalue weighted by atomic mass is 9.41. The van der Waals surface area contributed by atoms with E-state index in [1.165, 1.54) is 0 Å². The van der Waals surface area contributed by atoms with Crippen LogP contribution < -0.4 is 0 Å². The van der Waals surface area contributed by atoms with Gasteiger partial charge in [0.2, 0.25) is 0 Å². The van der Waals surface area contributed by atoms with E-state index in [9.17, 15) is 14.7 Å². The molecule has 7 heteroatoms. The molecular weight excluding hydrogens is 508 g/mol. The minimum absolute atomic E-state index is 0.0270. The van der Waals surface area contributed by atoms with Crippen molar-refractivity contribution < 1.29 is 28.6 Å². The summed E-state index contributed by atoms with van der Waals surface area (Å²) in [5.74, 6) is 0.865. The van der Waals surface area contributed by atoms with E-state index < -0.39 is 25.3 Å². The number of carbonyl (C=O) groups excluding carboxylic acids is 2. The molecule has 0 aromatic heterocycles. The molecule has 0 aromatic rings. The zero-order valence-corrected chi connectivity index (χ0v) is 27.1. The molecule has 0 bridgehead atoms. The number of hydrogen-bond acceptors (Lipinski definition) is 6. The second kappa shape index (κ2) is 11.1. The van der Waals surface area contributed by atoms with Crippen molar-refractivity contribution in [2.24, 2.45) is 40.4 Å². The lowest BCUT2D eigenvalue weighted by molar-refractivity contribution is -0.192. The minimum Gasteiger partial charge on any atom is -0.465 e. The Morgan fingerprint density at radius 1 is 0.974 bits per heavy atom. The zero-order chi connectivity index (χ0) is 28.9. The molecule has 0 spiro atoms. The van der Waals surface area contributed by atoms with Crippen LogP contribution in [0.2, 0.25) is 18.1 Å². The van der Waals surface area contributed by atoms with E-state index in [-0.39, 0.29) is 22.2 Å². The van der Waals surface area contributed by atoms with Gasteiger partial charge in [0, 0.05) is 18.6 Å². The summed E-state index contributed by atoms with van der Waals surface area (Å²) in [7, 11) is -1.97. The number of ether oxygens (including phenoxy) is 2. The van der Waals surface area contributed by atoms with Gasteiger partial charge in [-0.2, -0.15) is 0 Å². The highest BCUT2D eigenvalue weighted by molar-refractivity contribution is 6.74. The average molecular weight is 565 g/mol. The van der Waals surface area contributed by atoms with Gasteiger partial charge in [-0.05, 0) is 119 Å². The molecule has 4 rings (SSSR count). The maximum Gasteiger partial charge on any atom is 0.316 e. The summed E-state index contributed by atoms with van der Waals surface area (Å²) in [6.45, 7) is 19.7. The summed E-state index contributed by atoms with van der Waals surface area (Å²) in [6.07, 6.45) is 8.03. The van der Waals surface area contributed by atoms with Gasteiger partial charge in [0.25, 0.3) is 0 Å². The number of ketones is 1. The van der Waals surface area contributed by atoms with E-state index in [0.29, 0.717) is 49.9 Å². The molecule has 0 aliphatic heterocycles. The van der Waals surface area contributed by atoms with Crippen LogP contribution in [0.3, 0.4) is 0 Å². The van der Waals surface area contributed by atoms with Gasteiger partial charge in [0.05, 0.1) is 18.8 Å². The van der Waals surface area contributed by atoms with E-state index in [0.717, 1.165) is 58.0 Å². The molecule has 4 aliphatic rings. The summed E-state index contributed by atoms with van der Waals surface area (Å²) >= 11 is 0. The number of hydrogen-bond donors (Lipinski definition) is 1. The van der Waals surface area contributed by atoms with Crippen molar-refractivity contribution in [2.75, 3.05) is 26.4 Å². The molecule has 4 fully saturated rings. The monoisotopic (exact) mass is 564 g/mol. The molecule has 8 atom stereocenters. The minimum atomic E-state index is -1.97. The first-order valence-electron chi connectivity index (χ1n) is 15.8. The van der Waals surface area contributed by atoms with Crippen molar-refractivity contribution in [1.29, 1.82) is 0 Å². The second-order valence-corrected chi connectivity index (χ2v) is 20.0. The van der Waals surface area contributed by atoms with E-state index in [1.807, 2.05) is 13.8 Å². The third-order valence-electron chi connectivity index (χ3n) is 12.2. The van der Waals surface area contributed by atoms with Crippen molar-refractivity contribution in [3.63, 3.8) is 0 Å². The van der Waals surface area contributed by atoms with Gasteiger partial charge in [-0.15, -0.1) is 0 Å². The molecule has 4 aliphatic carbocycles. The van der Waals surface area contributed by atoms with Crippen LogP contribution in [0, 0.1) is 40.4 Å². The molecule has 39 heavy (non-hydrogen) atoms. The lowest BCUT2D eigenvalue weighted by Gasteiger charge is -2.64. The van der Waals surface area contributed by atoms with Crippen LogP contribution in [0.25, 0.3) is 0 Å². The standard InChI is InChI=1S/C32H56O6Si/c1-9-36-20-31(35)17-18-32(21-38-39(7,8)29(3,4)5)22(19-31)11-12-23-25-14-13-24(28(34)37-10-2)27(33)30(25,6)16-15-26(23)32/h22-26,35H,9-21H2,1-8H3/t22-,23+,24?,25+,26+,30+,31-,32-/m1/s1. The fraction of sp³-hybridized carbons (Fsp3) is 0.938. The number of aliphatic hydroxyl groups is 1. The Kier molecular flexibility index (Phi) is 8.91. The zero-order valence-electron chi connectivity index (χ0n) is 26.1. The molecule has 0 amide bonds. The Balaban J connectivity index is 1.63. The number of esters is 1. The summed E-state index contributed by atoms with van der Waals surface area (Å²) in [5, 5.41) is 11.7. The number of carbonyl (C=O) groups is 2. The SMILES string of the molecule is CCOC[C@@]1(O)CC[C@@]2(CO[Si](C)(C)C(C)(C)C)[C@H](CC[C@@H]3[C@@H]2CC[C@]2(C)C(=O)C(C(=O)OCC)CC[C@@H]32)C1. The van der Waals surface area contributed by atoms with Crippen molar-refractivity contribution >= 4 is 20.1 Å². The van der Waals surface area contributed by atoms with Crippen molar-refractivity contribution in [3.8, 4) is 0 Å². The highest BCUT2D eigenvalue weighted by atomic mass is 28.4. The first-order valence-corrected chi connectivity index (χ1v) is 18.7. The molecule has 0 heterocycles. The Bertz CT molecular complexity index is 913. The summed E-state index contributed by atoms with van der Waals surface area (Å²) in [4.78, 5) is 26.5. The second-order valence-electron chi connectivity index (χ2n) is 15.2. The topological polar surface area (TPSA) is 82.1 Å². The van der Waals surface area contributed by atoms with Gasteiger partial charge >= 0.3 is 5.97 Å². The summed E-state index contributed by atoms with van der Waals surface area (Å²) < 4.78 is 18.1. The van der Waals surface area contributed by atoms with Crippen LogP contribution in [0.15, 0.2) is 0 Å². The molecule has 1 N–H and O–H groups in total. The summed E-state index contributed by atoms with van der Waals surface area (Å²) in [6, 6.07) is 0. The molecule has 4 saturated carbocycles. The van der Waals surface area contributed by atoms with Crippen LogP contribution in [0.5, 0.6) is 0 Å². The molecule has 6 nitrogen and oxygen atoms in total. The highest BCUT2D eigenvalue weighted by Gasteiger charge is 2.64. The van der Waals surface area contributed by atoms with E-state index >= 15 is 0 Å². The maximum atomic E-state index is 13.8. The van der Waals surface area contributed by atoms with Crippen molar-refractivity contribution in [2.45, 2.75) is 123 Å². The molecule has 1 unspecified atom stereocenters. The lowest BCUT2D eigenvalue weighted by Crippen LogP contribution is -2.62. The Morgan fingerprint density at radius 3 is 2.33 bits per heavy atom. The summed E-state index contributed by atoms with van der Waals surface area (Å²) in [5.41, 5.74) is -1.18. The molecule has 0 saturated heterocycles. The van der Waals surface area contributed by atoms with Crippen LogP contribution in [0.4, 0.5) is 0 Å². The van der Waals surface area contributed by atoms with Crippen LogP contribution in [-0.2, 0) is 23.5 Å².